The first-order chi connectivity index (χ1) is 7.75. The quantitative estimate of drug-likeness (QED) is 0.706. The van der Waals surface area contributed by atoms with E-state index in [0.717, 1.165) is 32.6 Å². The smallest absolute Gasteiger partial charge is 0.217 e. The third kappa shape index (κ3) is 3.00. The summed E-state index contributed by atoms with van der Waals surface area (Å²) in [4.78, 5) is 8.29. The molecule has 0 unspecified atom stereocenters. The first kappa shape index (κ1) is 11.5. The minimum Gasteiger partial charge on any atom is -0.305 e. The Bertz CT molecular complexity index is 343. The van der Waals surface area contributed by atoms with Crippen molar-refractivity contribution in [1.29, 1.82) is 0 Å². The summed E-state index contributed by atoms with van der Waals surface area (Å²) < 4.78 is 13.4. The van der Waals surface area contributed by atoms with Gasteiger partial charge < -0.3 is 4.90 Å². The number of halogens is 1. The van der Waals surface area contributed by atoms with Gasteiger partial charge in [-0.3, -0.25) is 4.90 Å². The second-order valence-corrected chi connectivity index (χ2v) is 4.39. The second-order valence-electron chi connectivity index (χ2n) is 4.39. The van der Waals surface area contributed by atoms with Gasteiger partial charge in [-0.05, 0) is 32.6 Å². The number of hydrogen-bond donors (Lipinski definition) is 0. The van der Waals surface area contributed by atoms with Crippen molar-refractivity contribution in [3.05, 3.63) is 29.8 Å². The van der Waals surface area contributed by atoms with E-state index in [9.17, 15) is 4.39 Å². The summed E-state index contributed by atoms with van der Waals surface area (Å²) in [6.45, 7) is 4.91. The average molecular weight is 223 g/mol. The summed E-state index contributed by atoms with van der Waals surface area (Å²) in [6.07, 6.45) is 2.65. The van der Waals surface area contributed by atoms with Crippen molar-refractivity contribution in [3.8, 4) is 0 Å². The molecule has 2 heterocycles. The molecule has 2 rings (SSSR count). The molecule has 0 bridgehead atoms. The molecule has 1 aromatic rings. The Morgan fingerprint density at radius 2 is 2.19 bits per heavy atom. The summed E-state index contributed by atoms with van der Waals surface area (Å²) in [5.74, 6) is -0.333. The monoisotopic (exact) mass is 223 g/mol. The lowest BCUT2D eigenvalue weighted by Gasteiger charge is -2.19. The molecule has 88 valence electrons. The molecular weight excluding hydrogens is 205 g/mol. The Balaban J connectivity index is 1.96. The lowest BCUT2D eigenvalue weighted by molar-refractivity contribution is 0.265. The van der Waals surface area contributed by atoms with Crippen molar-refractivity contribution in [3.63, 3.8) is 0 Å². The number of nitrogens with zero attached hydrogens (tertiary/aromatic N) is 3. The van der Waals surface area contributed by atoms with Crippen molar-refractivity contribution in [2.75, 3.05) is 33.2 Å². The van der Waals surface area contributed by atoms with Crippen LogP contribution in [-0.2, 0) is 6.54 Å². The fourth-order valence-corrected chi connectivity index (χ4v) is 2.04. The van der Waals surface area contributed by atoms with E-state index in [0.29, 0.717) is 12.1 Å². The fraction of sp³-hybridized carbons (Fsp3) is 0.583. The lowest BCUT2D eigenvalue weighted by Crippen LogP contribution is -2.28. The molecule has 0 radical (unpaired) electrons. The summed E-state index contributed by atoms with van der Waals surface area (Å²) >= 11 is 0. The third-order valence-corrected chi connectivity index (χ3v) is 3.04. The SMILES string of the molecule is CN1CCCN(Cc2cccnc2F)CC1. The van der Waals surface area contributed by atoms with Gasteiger partial charge in [-0.15, -0.1) is 0 Å². The fourth-order valence-electron chi connectivity index (χ4n) is 2.04. The number of pyridine rings is 1. The highest BCUT2D eigenvalue weighted by Crippen LogP contribution is 2.09. The van der Waals surface area contributed by atoms with Gasteiger partial charge in [0, 0.05) is 31.4 Å². The molecule has 4 heteroatoms. The van der Waals surface area contributed by atoms with E-state index in [1.54, 1.807) is 6.07 Å². The van der Waals surface area contributed by atoms with Gasteiger partial charge in [0.05, 0.1) is 0 Å². The number of likely N-dealkylation sites (N-methyl/N-ethyl adjacent to an activating group) is 1. The van der Waals surface area contributed by atoms with Gasteiger partial charge in [0.15, 0.2) is 0 Å². The van der Waals surface area contributed by atoms with Gasteiger partial charge in [0.1, 0.15) is 0 Å². The summed E-state index contributed by atoms with van der Waals surface area (Å²) in [6, 6.07) is 3.61. The van der Waals surface area contributed by atoms with Crippen molar-refractivity contribution < 1.29 is 4.39 Å². The average Bonchev–Trinajstić information content (AvgIpc) is 2.47. The van der Waals surface area contributed by atoms with Crippen molar-refractivity contribution in [2.45, 2.75) is 13.0 Å². The summed E-state index contributed by atoms with van der Waals surface area (Å²) in [7, 11) is 2.13. The molecule has 16 heavy (non-hydrogen) atoms. The minimum atomic E-state index is -0.333. The van der Waals surface area contributed by atoms with E-state index in [1.807, 2.05) is 6.07 Å². The van der Waals surface area contributed by atoms with Gasteiger partial charge >= 0.3 is 0 Å². The van der Waals surface area contributed by atoms with Crippen LogP contribution in [-0.4, -0.2) is 48.0 Å². The molecule has 1 aliphatic rings. The molecule has 0 aliphatic carbocycles. The van der Waals surface area contributed by atoms with E-state index < -0.39 is 0 Å². The molecule has 0 aromatic carbocycles. The van der Waals surface area contributed by atoms with Crippen LogP contribution in [0.5, 0.6) is 0 Å². The van der Waals surface area contributed by atoms with Crippen LogP contribution in [0.2, 0.25) is 0 Å². The van der Waals surface area contributed by atoms with Crippen LogP contribution in [0.4, 0.5) is 4.39 Å². The molecule has 3 nitrogen and oxygen atoms in total. The molecule has 1 fully saturated rings. The highest BCUT2D eigenvalue weighted by atomic mass is 19.1. The van der Waals surface area contributed by atoms with Crippen LogP contribution >= 0.6 is 0 Å². The normalized spacial score (nSPS) is 19.6. The molecule has 1 aromatic heterocycles. The van der Waals surface area contributed by atoms with Gasteiger partial charge in [-0.2, -0.15) is 4.39 Å². The zero-order chi connectivity index (χ0) is 11.4. The standard InChI is InChI=1S/C12H18FN3/c1-15-6-3-7-16(9-8-15)10-11-4-2-5-14-12(11)13/h2,4-5H,3,6-10H2,1H3. The Morgan fingerprint density at radius 1 is 1.31 bits per heavy atom. The number of hydrogen-bond acceptors (Lipinski definition) is 3. The van der Waals surface area contributed by atoms with Gasteiger partial charge in [0.2, 0.25) is 5.95 Å². The highest BCUT2D eigenvalue weighted by Gasteiger charge is 2.13. The molecule has 1 saturated heterocycles. The zero-order valence-corrected chi connectivity index (χ0v) is 9.69. The Kier molecular flexibility index (Phi) is 3.85. The molecule has 0 saturated carbocycles. The summed E-state index contributed by atoms with van der Waals surface area (Å²) in [5.41, 5.74) is 0.701. The van der Waals surface area contributed by atoms with E-state index in [2.05, 4.69) is 21.8 Å². The zero-order valence-electron chi connectivity index (χ0n) is 9.69. The van der Waals surface area contributed by atoms with E-state index in [1.165, 1.54) is 6.20 Å². The van der Waals surface area contributed by atoms with Gasteiger partial charge in [-0.1, -0.05) is 6.07 Å². The predicted octanol–water partition coefficient (Wildman–Crippen LogP) is 1.36. The van der Waals surface area contributed by atoms with Crippen molar-refractivity contribution >= 4 is 0 Å². The van der Waals surface area contributed by atoms with Crippen LogP contribution in [0.3, 0.4) is 0 Å². The molecule has 0 amide bonds. The molecule has 0 N–H and O–H groups in total. The maximum absolute atomic E-state index is 13.4. The van der Waals surface area contributed by atoms with Crippen LogP contribution in [0.25, 0.3) is 0 Å². The van der Waals surface area contributed by atoms with Crippen LogP contribution in [0.1, 0.15) is 12.0 Å². The van der Waals surface area contributed by atoms with Crippen molar-refractivity contribution in [2.24, 2.45) is 0 Å². The minimum absolute atomic E-state index is 0.333. The topological polar surface area (TPSA) is 19.4 Å². The van der Waals surface area contributed by atoms with Gasteiger partial charge in [0.25, 0.3) is 0 Å². The van der Waals surface area contributed by atoms with Gasteiger partial charge in [-0.25, -0.2) is 4.98 Å². The van der Waals surface area contributed by atoms with Crippen LogP contribution < -0.4 is 0 Å². The first-order valence-electron chi connectivity index (χ1n) is 5.76. The largest absolute Gasteiger partial charge is 0.305 e. The van der Waals surface area contributed by atoms with E-state index in [-0.39, 0.29) is 5.95 Å². The van der Waals surface area contributed by atoms with Crippen LogP contribution in [0, 0.1) is 5.95 Å². The number of aromatic nitrogens is 1. The lowest BCUT2D eigenvalue weighted by atomic mass is 10.2. The number of rotatable bonds is 2. The Hall–Kier alpha value is -1.00. The molecule has 0 spiro atoms. The molecule has 0 atom stereocenters. The molecule has 1 aliphatic heterocycles. The maximum atomic E-state index is 13.4. The molecular formula is C12H18FN3. The Morgan fingerprint density at radius 3 is 3.00 bits per heavy atom. The first-order valence-corrected chi connectivity index (χ1v) is 5.76. The highest BCUT2D eigenvalue weighted by molar-refractivity contribution is 5.10. The van der Waals surface area contributed by atoms with E-state index >= 15 is 0 Å². The second kappa shape index (κ2) is 5.37. The van der Waals surface area contributed by atoms with Crippen molar-refractivity contribution in [1.82, 2.24) is 14.8 Å². The predicted molar refractivity (Wildman–Crippen MR) is 61.6 cm³/mol. The maximum Gasteiger partial charge on any atom is 0.217 e. The van der Waals surface area contributed by atoms with Crippen LogP contribution in [0.15, 0.2) is 18.3 Å². The summed E-state index contributed by atoms with van der Waals surface area (Å²) in [5, 5.41) is 0. The Labute approximate surface area is 95.9 Å². The van der Waals surface area contributed by atoms with E-state index in [4.69, 9.17) is 0 Å². The third-order valence-electron chi connectivity index (χ3n) is 3.04.